The third-order valence-corrected chi connectivity index (χ3v) is 5.62. The van der Waals surface area contributed by atoms with Gasteiger partial charge in [-0.1, -0.05) is 34.1 Å². The summed E-state index contributed by atoms with van der Waals surface area (Å²) in [6.07, 6.45) is 2.37. The minimum Gasteiger partial charge on any atom is -0.354 e. The Labute approximate surface area is 182 Å². The van der Waals surface area contributed by atoms with E-state index in [0.29, 0.717) is 24.3 Å². The molecule has 3 aromatic rings. The summed E-state index contributed by atoms with van der Waals surface area (Å²) in [5, 5.41) is 9.48. The molecule has 1 atom stereocenters. The van der Waals surface area contributed by atoms with Gasteiger partial charge in [-0.3, -0.25) is 14.4 Å². The standard InChI is InChI=1S/C22H21BrN4O3/c23-15-6-5-14-9-11-27(19(14)13-15)12-10-24-20(28)8-7-18-22(30)25-17-4-2-1-3-16(17)21(29)26-18/h1-6,9,11,13,18H,7-8,10,12H2,(H,24,28)(H,25,30)(H,26,29). The molecule has 7 nitrogen and oxygen atoms in total. The monoisotopic (exact) mass is 468 g/mol. The van der Waals surface area contributed by atoms with E-state index in [1.807, 2.05) is 30.5 Å². The molecule has 0 spiro atoms. The number of anilines is 1. The molecular weight excluding hydrogens is 448 g/mol. The van der Waals surface area contributed by atoms with Crippen molar-refractivity contribution in [2.45, 2.75) is 25.4 Å². The number of aromatic nitrogens is 1. The Morgan fingerprint density at radius 1 is 1.13 bits per heavy atom. The lowest BCUT2D eigenvalue weighted by Crippen LogP contribution is -2.42. The minimum absolute atomic E-state index is 0.146. The fourth-order valence-corrected chi connectivity index (χ4v) is 3.90. The molecule has 3 amide bonds. The van der Waals surface area contributed by atoms with Gasteiger partial charge >= 0.3 is 0 Å². The van der Waals surface area contributed by atoms with Crippen molar-refractivity contribution < 1.29 is 14.4 Å². The SMILES string of the molecule is O=C(CCC1NC(=O)c2ccccc2NC1=O)NCCn1ccc2ccc(Br)cc21. The first-order chi connectivity index (χ1) is 14.5. The van der Waals surface area contributed by atoms with Crippen LogP contribution in [0.3, 0.4) is 0 Å². The molecule has 30 heavy (non-hydrogen) atoms. The molecule has 1 unspecified atom stereocenters. The molecule has 8 heteroatoms. The van der Waals surface area contributed by atoms with Crippen molar-refractivity contribution in [3.8, 4) is 0 Å². The van der Waals surface area contributed by atoms with Gasteiger partial charge in [0.1, 0.15) is 6.04 Å². The maximum absolute atomic E-state index is 12.4. The third kappa shape index (κ3) is 4.38. The molecule has 2 aromatic carbocycles. The van der Waals surface area contributed by atoms with E-state index in [1.165, 1.54) is 0 Å². The van der Waals surface area contributed by atoms with Crippen LogP contribution in [0.4, 0.5) is 5.69 Å². The van der Waals surface area contributed by atoms with Crippen molar-refractivity contribution in [1.82, 2.24) is 15.2 Å². The quantitative estimate of drug-likeness (QED) is 0.518. The average molecular weight is 469 g/mol. The molecule has 1 aliphatic heterocycles. The zero-order valence-corrected chi connectivity index (χ0v) is 17.7. The van der Waals surface area contributed by atoms with E-state index in [4.69, 9.17) is 0 Å². The van der Waals surface area contributed by atoms with Gasteiger partial charge < -0.3 is 20.5 Å². The van der Waals surface area contributed by atoms with Crippen LogP contribution in [0.2, 0.25) is 0 Å². The topological polar surface area (TPSA) is 92.2 Å². The summed E-state index contributed by atoms with van der Waals surface area (Å²) in [4.78, 5) is 37.0. The molecule has 0 aliphatic carbocycles. The third-order valence-electron chi connectivity index (χ3n) is 5.12. The summed E-state index contributed by atoms with van der Waals surface area (Å²) in [5.41, 5.74) is 2.00. The van der Waals surface area contributed by atoms with Crippen molar-refractivity contribution in [2.24, 2.45) is 0 Å². The van der Waals surface area contributed by atoms with Crippen molar-refractivity contribution in [2.75, 3.05) is 11.9 Å². The molecule has 4 rings (SSSR count). The van der Waals surface area contributed by atoms with Crippen molar-refractivity contribution >= 4 is 50.2 Å². The molecule has 2 heterocycles. The number of halogens is 1. The van der Waals surface area contributed by atoms with E-state index < -0.39 is 6.04 Å². The van der Waals surface area contributed by atoms with E-state index in [1.54, 1.807) is 24.3 Å². The molecule has 1 aromatic heterocycles. The van der Waals surface area contributed by atoms with Gasteiger partial charge in [0.2, 0.25) is 11.8 Å². The molecule has 0 fully saturated rings. The zero-order chi connectivity index (χ0) is 21.1. The minimum atomic E-state index is -0.749. The summed E-state index contributed by atoms with van der Waals surface area (Å²) in [6, 6.07) is 14.2. The Hall–Kier alpha value is -3.13. The molecule has 154 valence electrons. The van der Waals surface area contributed by atoms with E-state index >= 15 is 0 Å². The summed E-state index contributed by atoms with van der Waals surface area (Å²) >= 11 is 3.48. The second-order valence-electron chi connectivity index (χ2n) is 7.16. The number of hydrogen-bond acceptors (Lipinski definition) is 3. The first-order valence-electron chi connectivity index (χ1n) is 9.73. The predicted molar refractivity (Wildman–Crippen MR) is 118 cm³/mol. The van der Waals surface area contributed by atoms with Crippen LogP contribution in [0.5, 0.6) is 0 Å². The predicted octanol–water partition coefficient (Wildman–Crippen LogP) is 3.05. The zero-order valence-electron chi connectivity index (χ0n) is 16.2. The van der Waals surface area contributed by atoms with Gasteiger partial charge in [0, 0.05) is 35.7 Å². The number of nitrogens with zero attached hydrogens (tertiary/aromatic N) is 1. The molecule has 0 saturated heterocycles. The van der Waals surface area contributed by atoms with Gasteiger partial charge in [0.25, 0.3) is 5.91 Å². The van der Waals surface area contributed by atoms with Crippen molar-refractivity contribution in [1.29, 1.82) is 0 Å². The molecule has 0 saturated carbocycles. The fraction of sp³-hybridized carbons (Fsp3) is 0.227. The second kappa shape index (κ2) is 8.71. The van der Waals surface area contributed by atoms with E-state index in [0.717, 1.165) is 15.4 Å². The number of carbonyl (C=O) groups is 3. The maximum Gasteiger partial charge on any atom is 0.254 e. The maximum atomic E-state index is 12.4. The lowest BCUT2D eigenvalue weighted by atomic mass is 10.1. The van der Waals surface area contributed by atoms with Crippen molar-refractivity contribution in [3.05, 3.63) is 64.8 Å². The largest absolute Gasteiger partial charge is 0.354 e. The highest BCUT2D eigenvalue weighted by molar-refractivity contribution is 9.10. The smallest absolute Gasteiger partial charge is 0.254 e. The highest BCUT2D eigenvalue weighted by atomic mass is 79.9. The number of nitrogens with one attached hydrogen (secondary N) is 3. The number of benzene rings is 2. The van der Waals surface area contributed by atoms with Gasteiger partial charge in [-0.05, 0) is 42.1 Å². The van der Waals surface area contributed by atoms with Crippen LogP contribution < -0.4 is 16.0 Å². The summed E-state index contributed by atoms with van der Waals surface area (Å²) in [5.74, 6) is -0.790. The number of carbonyl (C=O) groups excluding carboxylic acids is 3. The lowest BCUT2D eigenvalue weighted by Gasteiger charge is -2.14. The summed E-state index contributed by atoms with van der Waals surface area (Å²) < 4.78 is 3.08. The molecule has 0 radical (unpaired) electrons. The molecular formula is C22H21BrN4O3. The number of hydrogen-bond donors (Lipinski definition) is 3. The molecule has 3 N–H and O–H groups in total. The van der Waals surface area contributed by atoms with Gasteiger partial charge in [-0.25, -0.2) is 0 Å². The number of fused-ring (bicyclic) bond motifs is 2. The van der Waals surface area contributed by atoms with Crippen molar-refractivity contribution in [3.63, 3.8) is 0 Å². The van der Waals surface area contributed by atoms with Gasteiger partial charge in [0.15, 0.2) is 0 Å². The highest BCUT2D eigenvalue weighted by Gasteiger charge is 2.27. The summed E-state index contributed by atoms with van der Waals surface area (Å²) in [6.45, 7) is 1.12. The van der Waals surface area contributed by atoms with E-state index in [9.17, 15) is 14.4 Å². The van der Waals surface area contributed by atoms with E-state index in [-0.39, 0.29) is 30.6 Å². The number of rotatable bonds is 6. The van der Waals surface area contributed by atoms with Gasteiger partial charge in [-0.2, -0.15) is 0 Å². The Balaban J connectivity index is 1.28. The van der Waals surface area contributed by atoms with Crippen LogP contribution >= 0.6 is 15.9 Å². The van der Waals surface area contributed by atoms with Crippen LogP contribution in [0.15, 0.2) is 59.2 Å². The number of para-hydroxylation sites is 1. The Morgan fingerprint density at radius 3 is 2.83 bits per heavy atom. The normalized spacial score (nSPS) is 15.8. The Bertz CT molecular complexity index is 1120. The highest BCUT2D eigenvalue weighted by Crippen LogP contribution is 2.21. The first kappa shape index (κ1) is 20.2. The Morgan fingerprint density at radius 2 is 1.97 bits per heavy atom. The first-order valence-corrected chi connectivity index (χ1v) is 10.5. The molecule has 0 bridgehead atoms. The van der Waals surface area contributed by atoms with Gasteiger partial charge in [0.05, 0.1) is 11.3 Å². The summed E-state index contributed by atoms with van der Waals surface area (Å²) in [7, 11) is 0. The van der Waals surface area contributed by atoms with Crippen LogP contribution in [-0.4, -0.2) is 34.9 Å². The van der Waals surface area contributed by atoms with Crippen LogP contribution in [0.1, 0.15) is 23.2 Å². The van der Waals surface area contributed by atoms with Gasteiger partial charge in [-0.15, -0.1) is 0 Å². The fourth-order valence-electron chi connectivity index (χ4n) is 3.55. The average Bonchev–Trinajstić information content (AvgIpc) is 3.07. The van der Waals surface area contributed by atoms with Crippen LogP contribution in [0, 0.1) is 0 Å². The lowest BCUT2D eigenvalue weighted by molar-refractivity contribution is -0.121. The van der Waals surface area contributed by atoms with Crippen LogP contribution in [-0.2, 0) is 16.1 Å². The Kier molecular flexibility index (Phi) is 5.85. The van der Waals surface area contributed by atoms with Crippen LogP contribution in [0.25, 0.3) is 10.9 Å². The van der Waals surface area contributed by atoms with E-state index in [2.05, 4.69) is 36.4 Å². The molecule has 1 aliphatic rings. The number of amides is 3. The second-order valence-corrected chi connectivity index (χ2v) is 8.08.